The normalized spacial score (nSPS) is 16.1. The van der Waals surface area contributed by atoms with Gasteiger partial charge >= 0.3 is 12.0 Å². The molecule has 110 valence electrons. The lowest BCUT2D eigenvalue weighted by molar-refractivity contribution is 0.0690. The zero-order valence-electron chi connectivity index (χ0n) is 10.9. The standard InChI is InChI=1S/C11H17N5O4/c17-8-1-4-15(5-2-8)11(20)12-3-6-16-7-9(10(18)19)13-14-16/h7-8,17H,1-6H2,(H,12,20)(H,18,19). The predicted octanol–water partition coefficient (Wildman–Crippen LogP) is -0.857. The molecule has 0 radical (unpaired) electrons. The maximum Gasteiger partial charge on any atom is 0.358 e. The average Bonchev–Trinajstić information content (AvgIpc) is 2.88. The van der Waals surface area contributed by atoms with Crippen molar-refractivity contribution < 1.29 is 19.8 Å². The number of carboxylic acids is 1. The van der Waals surface area contributed by atoms with Gasteiger partial charge < -0.3 is 20.4 Å². The number of carbonyl (C=O) groups is 2. The number of aliphatic hydroxyl groups is 1. The van der Waals surface area contributed by atoms with E-state index in [0.29, 0.717) is 39.0 Å². The summed E-state index contributed by atoms with van der Waals surface area (Å²) in [5, 5.41) is 27.9. The van der Waals surface area contributed by atoms with Crippen LogP contribution in [0.3, 0.4) is 0 Å². The number of hydrogen-bond donors (Lipinski definition) is 3. The van der Waals surface area contributed by atoms with Crippen molar-refractivity contribution in [3.8, 4) is 0 Å². The Labute approximate surface area is 115 Å². The van der Waals surface area contributed by atoms with E-state index in [9.17, 15) is 14.7 Å². The van der Waals surface area contributed by atoms with Crippen LogP contribution in [-0.4, -0.2) is 67.8 Å². The first-order valence-electron chi connectivity index (χ1n) is 6.40. The Kier molecular flexibility index (Phi) is 4.51. The van der Waals surface area contributed by atoms with Crippen LogP contribution in [0.4, 0.5) is 4.79 Å². The number of rotatable bonds is 4. The molecule has 2 heterocycles. The highest BCUT2D eigenvalue weighted by atomic mass is 16.4. The zero-order chi connectivity index (χ0) is 14.5. The maximum atomic E-state index is 11.8. The van der Waals surface area contributed by atoms with E-state index in [1.54, 1.807) is 4.90 Å². The molecule has 9 heteroatoms. The Balaban J connectivity index is 1.72. The van der Waals surface area contributed by atoms with Crippen LogP contribution < -0.4 is 5.32 Å². The molecule has 1 aliphatic heterocycles. The second-order valence-electron chi connectivity index (χ2n) is 4.62. The maximum absolute atomic E-state index is 11.8. The van der Waals surface area contributed by atoms with Crippen molar-refractivity contribution in [2.45, 2.75) is 25.5 Å². The quantitative estimate of drug-likeness (QED) is 0.661. The number of aromatic nitrogens is 3. The molecule has 0 aromatic carbocycles. The summed E-state index contributed by atoms with van der Waals surface area (Å²) < 4.78 is 1.36. The summed E-state index contributed by atoms with van der Waals surface area (Å²) in [6.07, 6.45) is 2.19. The number of likely N-dealkylation sites (tertiary alicyclic amines) is 1. The third-order valence-electron chi connectivity index (χ3n) is 3.13. The highest BCUT2D eigenvalue weighted by molar-refractivity contribution is 5.84. The highest BCUT2D eigenvalue weighted by Gasteiger charge is 2.20. The number of hydrogen-bond acceptors (Lipinski definition) is 5. The molecule has 2 amide bonds. The number of urea groups is 1. The van der Waals surface area contributed by atoms with Gasteiger partial charge in [0.15, 0.2) is 5.69 Å². The summed E-state index contributed by atoms with van der Waals surface area (Å²) in [7, 11) is 0. The monoisotopic (exact) mass is 283 g/mol. The minimum atomic E-state index is -1.13. The Morgan fingerprint density at radius 2 is 2.10 bits per heavy atom. The summed E-state index contributed by atoms with van der Waals surface area (Å²) in [6.45, 7) is 1.77. The number of carboxylic acid groups (broad SMARTS) is 1. The summed E-state index contributed by atoms with van der Waals surface area (Å²) in [4.78, 5) is 24.1. The smallest absolute Gasteiger partial charge is 0.358 e. The zero-order valence-corrected chi connectivity index (χ0v) is 10.9. The fraction of sp³-hybridized carbons (Fsp3) is 0.636. The van der Waals surface area contributed by atoms with Crippen molar-refractivity contribution >= 4 is 12.0 Å². The van der Waals surface area contributed by atoms with E-state index >= 15 is 0 Å². The fourth-order valence-corrected chi connectivity index (χ4v) is 1.96. The van der Waals surface area contributed by atoms with Gasteiger partial charge in [-0.3, -0.25) is 0 Å². The van der Waals surface area contributed by atoms with E-state index in [1.807, 2.05) is 0 Å². The van der Waals surface area contributed by atoms with Gasteiger partial charge in [-0.15, -0.1) is 5.10 Å². The van der Waals surface area contributed by atoms with Crippen LogP contribution in [0.1, 0.15) is 23.3 Å². The first-order valence-corrected chi connectivity index (χ1v) is 6.40. The second kappa shape index (κ2) is 6.33. The molecular weight excluding hydrogens is 266 g/mol. The molecule has 0 unspecified atom stereocenters. The van der Waals surface area contributed by atoms with E-state index < -0.39 is 5.97 Å². The van der Waals surface area contributed by atoms with Crippen molar-refractivity contribution in [1.29, 1.82) is 0 Å². The first-order chi connectivity index (χ1) is 9.56. The number of nitrogens with zero attached hydrogens (tertiary/aromatic N) is 4. The predicted molar refractivity (Wildman–Crippen MR) is 67.2 cm³/mol. The van der Waals surface area contributed by atoms with Crippen LogP contribution in [-0.2, 0) is 6.54 Å². The largest absolute Gasteiger partial charge is 0.476 e. The fourth-order valence-electron chi connectivity index (χ4n) is 1.96. The minimum Gasteiger partial charge on any atom is -0.476 e. The van der Waals surface area contributed by atoms with Crippen LogP contribution in [0.15, 0.2) is 6.20 Å². The van der Waals surface area contributed by atoms with Crippen molar-refractivity contribution in [3.05, 3.63) is 11.9 Å². The summed E-state index contributed by atoms with van der Waals surface area (Å²) >= 11 is 0. The molecule has 1 aliphatic rings. The number of aliphatic hydroxyl groups excluding tert-OH is 1. The Morgan fingerprint density at radius 1 is 1.40 bits per heavy atom. The molecule has 0 saturated carbocycles. The molecule has 0 spiro atoms. The summed E-state index contributed by atoms with van der Waals surface area (Å²) in [5.41, 5.74) is -0.124. The van der Waals surface area contributed by atoms with Gasteiger partial charge in [0.1, 0.15) is 0 Å². The van der Waals surface area contributed by atoms with E-state index in [0.717, 1.165) is 0 Å². The lowest BCUT2D eigenvalue weighted by atomic mass is 10.1. The van der Waals surface area contributed by atoms with E-state index in [4.69, 9.17) is 5.11 Å². The van der Waals surface area contributed by atoms with Crippen molar-refractivity contribution in [1.82, 2.24) is 25.2 Å². The summed E-state index contributed by atoms with van der Waals surface area (Å²) in [6, 6.07) is -0.185. The molecule has 9 nitrogen and oxygen atoms in total. The molecule has 1 aromatic rings. The number of nitrogens with one attached hydrogen (secondary N) is 1. The van der Waals surface area contributed by atoms with E-state index in [-0.39, 0.29) is 17.8 Å². The van der Waals surface area contributed by atoms with Crippen LogP contribution in [0.2, 0.25) is 0 Å². The first kappa shape index (κ1) is 14.3. The van der Waals surface area contributed by atoms with Crippen molar-refractivity contribution in [2.24, 2.45) is 0 Å². The molecule has 20 heavy (non-hydrogen) atoms. The second-order valence-corrected chi connectivity index (χ2v) is 4.62. The molecular formula is C11H17N5O4. The number of piperidine rings is 1. The minimum absolute atomic E-state index is 0.124. The van der Waals surface area contributed by atoms with Crippen LogP contribution in [0, 0.1) is 0 Å². The highest BCUT2D eigenvalue weighted by Crippen LogP contribution is 2.09. The number of aromatic carboxylic acids is 1. The molecule has 2 rings (SSSR count). The average molecular weight is 283 g/mol. The van der Waals surface area contributed by atoms with Crippen LogP contribution in [0.5, 0.6) is 0 Å². The van der Waals surface area contributed by atoms with E-state index in [2.05, 4.69) is 15.6 Å². The molecule has 0 aliphatic carbocycles. The summed E-state index contributed by atoms with van der Waals surface area (Å²) in [5.74, 6) is -1.13. The van der Waals surface area contributed by atoms with Crippen LogP contribution in [0.25, 0.3) is 0 Å². The Morgan fingerprint density at radius 3 is 2.70 bits per heavy atom. The molecule has 3 N–H and O–H groups in total. The molecule has 0 atom stereocenters. The van der Waals surface area contributed by atoms with Gasteiger partial charge in [-0.2, -0.15) is 0 Å². The number of carbonyl (C=O) groups excluding carboxylic acids is 1. The molecule has 1 fully saturated rings. The van der Waals surface area contributed by atoms with Gasteiger partial charge in [0.25, 0.3) is 0 Å². The van der Waals surface area contributed by atoms with Gasteiger partial charge in [0, 0.05) is 19.6 Å². The molecule has 0 bridgehead atoms. The Hall–Kier alpha value is -2.16. The van der Waals surface area contributed by atoms with Crippen molar-refractivity contribution in [2.75, 3.05) is 19.6 Å². The lowest BCUT2D eigenvalue weighted by Gasteiger charge is -2.29. The van der Waals surface area contributed by atoms with Gasteiger partial charge in [-0.25, -0.2) is 14.3 Å². The molecule has 1 saturated heterocycles. The lowest BCUT2D eigenvalue weighted by Crippen LogP contribution is -2.46. The third kappa shape index (κ3) is 3.67. The van der Waals surface area contributed by atoms with Gasteiger partial charge in [0.05, 0.1) is 18.8 Å². The van der Waals surface area contributed by atoms with Crippen molar-refractivity contribution in [3.63, 3.8) is 0 Å². The molecule has 1 aromatic heterocycles. The SMILES string of the molecule is O=C(O)c1cn(CCNC(=O)N2CCC(O)CC2)nn1. The Bertz CT molecular complexity index is 481. The van der Waals surface area contributed by atoms with Gasteiger partial charge in [0.2, 0.25) is 0 Å². The van der Waals surface area contributed by atoms with Gasteiger partial charge in [-0.05, 0) is 12.8 Å². The van der Waals surface area contributed by atoms with E-state index in [1.165, 1.54) is 10.9 Å². The topological polar surface area (TPSA) is 121 Å². The van der Waals surface area contributed by atoms with Gasteiger partial charge in [-0.1, -0.05) is 5.21 Å². The van der Waals surface area contributed by atoms with Crippen LogP contribution >= 0.6 is 0 Å². The third-order valence-corrected chi connectivity index (χ3v) is 3.13. The number of amides is 2.